The van der Waals surface area contributed by atoms with E-state index in [2.05, 4.69) is 19.2 Å². The van der Waals surface area contributed by atoms with Crippen LogP contribution >= 0.6 is 0 Å². The van der Waals surface area contributed by atoms with Crippen LogP contribution in [0.25, 0.3) is 0 Å². The van der Waals surface area contributed by atoms with Crippen LogP contribution < -0.4 is 10.1 Å². The fourth-order valence-electron chi connectivity index (χ4n) is 2.68. The van der Waals surface area contributed by atoms with Gasteiger partial charge in [0.1, 0.15) is 12.4 Å². The highest BCUT2D eigenvalue weighted by Gasteiger charge is 2.37. The van der Waals surface area contributed by atoms with Crippen LogP contribution in [-0.2, 0) is 4.74 Å². The van der Waals surface area contributed by atoms with Crippen molar-refractivity contribution in [1.29, 1.82) is 0 Å². The predicted octanol–water partition coefficient (Wildman–Crippen LogP) is 3.64. The third-order valence-electron chi connectivity index (χ3n) is 4.08. The van der Waals surface area contributed by atoms with Gasteiger partial charge >= 0.3 is 0 Å². The maximum atomic E-state index is 6.13. The van der Waals surface area contributed by atoms with Crippen molar-refractivity contribution in [3.05, 3.63) is 30.3 Å². The highest BCUT2D eigenvalue weighted by atomic mass is 16.5. The van der Waals surface area contributed by atoms with Crippen LogP contribution in [0, 0.1) is 5.92 Å². The Morgan fingerprint density at radius 1 is 1.14 bits per heavy atom. The fraction of sp³-hybridized carbons (Fsp3) is 0.667. The smallest absolute Gasteiger partial charge is 0.119 e. The van der Waals surface area contributed by atoms with E-state index in [9.17, 15) is 0 Å². The van der Waals surface area contributed by atoms with Crippen LogP contribution in [0.1, 0.15) is 39.5 Å². The molecule has 3 nitrogen and oxygen atoms in total. The van der Waals surface area contributed by atoms with Gasteiger partial charge in [-0.25, -0.2) is 0 Å². The largest absolute Gasteiger partial charge is 0.491 e. The van der Waals surface area contributed by atoms with Crippen molar-refractivity contribution >= 4 is 0 Å². The second-order valence-corrected chi connectivity index (χ2v) is 6.39. The number of hydrogen-bond donors (Lipinski definition) is 1. The molecule has 1 saturated carbocycles. The minimum Gasteiger partial charge on any atom is -0.491 e. The average Bonchev–Trinajstić information content (AvgIpc) is 2.45. The van der Waals surface area contributed by atoms with Gasteiger partial charge in [-0.15, -0.1) is 0 Å². The van der Waals surface area contributed by atoms with Gasteiger partial charge in [0.15, 0.2) is 0 Å². The molecule has 118 valence electrons. The van der Waals surface area contributed by atoms with Gasteiger partial charge in [0.2, 0.25) is 0 Å². The van der Waals surface area contributed by atoms with E-state index in [1.807, 2.05) is 30.3 Å². The SMILES string of the molecule is CC(C)CNCCC1(OCCOc2ccccc2)CCC1. The topological polar surface area (TPSA) is 30.5 Å². The van der Waals surface area contributed by atoms with E-state index in [4.69, 9.17) is 9.47 Å². The summed E-state index contributed by atoms with van der Waals surface area (Å²) in [6.07, 6.45) is 4.80. The molecule has 1 aromatic rings. The number of ether oxygens (including phenoxy) is 2. The second-order valence-electron chi connectivity index (χ2n) is 6.39. The van der Waals surface area contributed by atoms with Crippen LogP contribution in [0.15, 0.2) is 30.3 Å². The lowest BCUT2D eigenvalue weighted by molar-refractivity contribution is -0.110. The first-order valence-electron chi connectivity index (χ1n) is 8.23. The van der Waals surface area contributed by atoms with Crippen molar-refractivity contribution in [2.24, 2.45) is 5.92 Å². The highest BCUT2D eigenvalue weighted by molar-refractivity contribution is 5.20. The molecule has 0 unspecified atom stereocenters. The second kappa shape index (κ2) is 8.40. The maximum absolute atomic E-state index is 6.13. The van der Waals surface area contributed by atoms with Gasteiger partial charge < -0.3 is 14.8 Å². The molecule has 0 heterocycles. The molecular weight excluding hydrogens is 262 g/mol. The Kier molecular flexibility index (Phi) is 6.52. The first-order chi connectivity index (χ1) is 10.2. The first-order valence-corrected chi connectivity index (χ1v) is 8.23. The van der Waals surface area contributed by atoms with Crippen molar-refractivity contribution < 1.29 is 9.47 Å². The van der Waals surface area contributed by atoms with Gasteiger partial charge in [-0.2, -0.15) is 0 Å². The molecule has 0 amide bonds. The molecule has 1 N–H and O–H groups in total. The number of rotatable bonds is 10. The monoisotopic (exact) mass is 291 g/mol. The van der Waals surface area contributed by atoms with Gasteiger partial charge in [-0.1, -0.05) is 32.0 Å². The molecule has 0 spiro atoms. The molecule has 0 saturated heterocycles. The summed E-state index contributed by atoms with van der Waals surface area (Å²) in [7, 11) is 0. The van der Waals surface area contributed by atoms with Crippen LogP contribution in [0.3, 0.4) is 0 Å². The molecule has 0 bridgehead atoms. The van der Waals surface area contributed by atoms with E-state index < -0.39 is 0 Å². The van der Waals surface area contributed by atoms with E-state index >= 15 is 0 Å². The summed E-state index contributed by atoms with van der Waals surface area (Å²) in [5.74, 6) is 1.63. The normalized spacial score (nSPS) is 16.7. The summed E-state index contributed by atoms with van der Waals surface area (Å²) in [5.41, 5.74) is 0.115. The Morgan fingerprint density at radius 2 is 1.90 bits per heavy atom. The Labute approximate surface area is 129 Å². The zero-order chi connectivity index (χ0) is 15.0. The zero-order valence-electron chi connectivity index (χ0n) is 13.4. The Bertz CT molecular complexity index is 387. The molecule has 2 rings (SSSR count). The Morgan fingerprint density at radius 3 is 2.52 bits per heavy atom. The van der Waals surface area contributed by atoms with Crippen molar-refractivity contribution in [1.82, 2.24) is 5.32 Å². The molecule has 1 aliphatic rings. The number of para-hydroxylation sites is 1. The quantitative estimate of drug-likeness (QED) is 0.668. The van der Waals surface area contributed by atoms with E-state index in [0.29, 0.717) is 19.1 Å². The molecule has 1 fully saturated rings. The highest BCUT2D eigenvalue weighted by Crippen LogP contribution is 2.38. The minimum absolute atomic E-state index is 0.115. The third-order valence-corrected chi connectivity index (χ3v) is 4.08. The van der Waals surface area contributed by atoms with Gasteiger partial charge in [0.25, 0.3) is 0 Å². The molecular formula is C18H29NO2. The van der Waals surface area contributed by atoms with Crippen molar-refractivity contribution in [2.75, 3.05) is 26.3 Å². The Balaban J connectivity index is 1.60. The minimum atomic E-state index is 0.115. The van der Waals surface area contributed by atoms with Crippen molar-refractivity contribution in [3.63, 3.8) is 0 Å². The molecule has 21 heavy (non-hydrogen) atoms. The lowest BCUT2D eigenvalue weighted by atomic mass is 9.77. The summed E-state index contributed by atoms with van der Waals surface area (Å²) in [6, 6.07) is 9.94. The zero-order valence-corrected chi connectivity index (χ0v) is 13.4. The molecule has 1 aliphatic carbocycles. The lowest BCUT2D eigenvalue weighted by Gasteiger charge is -2.42. The average molecular weight is 291 g/mol. The van der Waals surface area contributed by atoms with Gasteiger partial charge in [0, 0.05) is 0 Å². The van der Waals surface area contributed by atoms with Crippen LogP contribution in [0.5, 0.6) is 5.75 Å². The van der Waals surface area contributed by atoms with E-state index in [-0.39, 0.29) is 5.60 Å². The number of hydrogen-bond acceptors (Lipinski definition) is 3. The summed E-state index contributed by atoms with van der Waals surface area (Å²) in [4.78, 5) is 0. The van der Waals surface area contributed by atoms with Gasteiger partial charge in [-0.3, -0.25) is 0 Å². The van der Waals surface area contributed by atoms with Gasteiger partial charge in [-0.05, 0) is 56.8 Å². The molecule has 0 atom stereocenters. The summed E-state index contributed by atoms with van der Waals surface area (Å²) in [5, 5.41) is 3.51. The molecule has 1 aromatic carbocycles. The summed E-state index contributed by atoms with van der Waals surface area (Å²) >= 11 is 0. The van der Waals surface area contributed by atoms with Crippen molar-refractivity contribution in [2.45, 2.75) is 45.1 Å². The molecule has 3 heteroatoms. The Hall–Kier alpha value is -1.06. The number of benzene rings is 1. The van der Waals surface area contributed by atoms with E-state index in [1.165, 1.54) is 19.3 Å². The van der Waals surface area contributed by atoms with Crippen LogP contribution in [-0.4, -0.2) is 31.9 Å². The third kappa shape index (κ3) is 5.68. The first kappa shape index (κ1) is 16.3. The lowest BCUT2D eigenvalue weighted by Crippen LogP contribution is -2.43. The van der Waals surface area contributed by atoms with E-state index in [1.54, 1.807) is 0 Å². The standard InChI is InChI=1S/C18H29NO2/c1-16(2)15-19-12-11-18(9-6-10-18)21-14-13-20-17-7-4-3-5-8-17/h3-5,7-8,16,19H,6,9-15H2,1-2H3. The van der Waals surface area contributed by atoms with E-state index in [0.717, 1.165) is 25.3 Å². The van der Waals surface area contributed by atoms with Crippen LogP contribution in [0.2, 0.25) is 0 Å². The maximum Gasteiger partial charge on any atom is 0.119 e. The fourth-order valence-corrected chi connectivity index (χ4v) is 2.68. The van der Waals surface area contributed by atoms with Crippen molar-refractivity contribution in [3.8, 4) is 5.75 Å². The molecule has 0 radical (unpaired) electrons. The molecule has 0 aromatic heterocycles. The summed E-state index contributed by atoms with van der Waals surface area (Å²) in [6.45, 7) is 7.93. The van der Waals surface area contributed by atoms with Gasteiger partial charge in [0.05, 0.1) is 12.2 Å². The molecule has 0 aliphatic heterocycles. The van der Waals surface area contributed by atoms with Crippen LogP contribution in [0.4, 0.5) is 0 Å². The number of nitrogens with one attached hydrogen (secondary N) is 1. The predicted molar refractivity (Wildman–Crippen MR) is 86.8 cm³/mol. The summed E-state index contributed by atoms with van der Waals surface area (Å²) < 4.78 is 11.8.